The summed E-state index contributed by atoms with van der Waals surface area (Å²) in [5.41, 5.74) is 2.33. The molecule has 0 aliphatic heterocycles. The molecule has 0 saturated heterocycles. The highest BCUT2D eigenvalue weighted by Gasteiger charge is 2.11. The third kappa shape index (κ3) is 1.93. The van der Waals surface area contributed by atoms with E-state index < -0.39 is 0 Å². The molecule has 2 aromatic rings. The van der Waals surface area contributed by atoms with Gasteiger partial charge in [0.1, 0.15) is 11.5 Å². The first-order valence-electron chi connectivity index (χ1n) is 5.01. The van der Waals surface area contributed by atoms with Crippen molar-refractivity contribution in [1.29, 1.82) is 0 Å². The summed E-state index contributed by atoms with van der Waals surface area (Å²) >= 11 is 5.75. The van der Waals surface area contributed by atoms with E-state index in [1.807, 2.05) is 6.92 Å². The quantitative estimate of drug-likeness (QED) is 0.771. The monoisotopic (exact) mass is 239 g/mol. The summed E-state index contributed by atoms with van der Waals surface area (Å²) in [6.45, 7) is 1.99. The van der Waals surface area contributed by atoms with Crippen molar-refractivity contribution in [2.75, 3.05) is 0 Å². The molecule has 16 heavy (non-hydrogen) atoms. The van der Waals surface area contributed by atoms with Gasteiger partial charge in [-0.2, -0.15) is 0 Å². The highest BCUT2D eigenvalue weighted by molar-refractivity contribution is 6.16. The van der Waals surface area contributed by atoms with Crippen molar-refractivity contribution in [1.82, 2.24) is 15.0 Å². The molecule has 0 spiro atoms. The zero-order chi connectivity index (χ0) is 11.5. The lowest BCUT2D eigenvalue weighted by atomic mass is 10.2. The van der Waals surface area contributed by atoms with E-state index in [4.69, 9.17) is 11.6 Å². The van der Waals surface area contributed by atoms with Gasteiger partial charge in [0.15, 0.2) is 0 Å². The van der Waals surface area contributed by atoms with Gasteiger partial charge < -0.3 is 0 Å². The second kappa shape index (κ2) is 4.61. The molecule has 0 aliphatic rings. The van der Waals surface area contributed by atoms with E-state index in [2.05, 4.69) is 10.3 Å². The van der Waals surface area contributed by atoms with Gasteiger partial charge in [-0.1, -0.05) is 18.2 Å². The first kappa shape index (κ1) is 11.1. The minimum absolute atomic E-state index is 0.289. The predicted molar refractivity (Wildman–Crippen MR) is 60.3 cm³/mol. The Labute approximate surface area is 97.8 Å². The van der Waals surface area contributed by atoms with Crippen LogP contribution >= 0.6 is 11.6 Å². The van der Waals surface area contributed by atoms with Crippen LogP contribution in [0.25, 0.3) is 5.69 Å². The summed E-state index contributed by atoms with van der Waals surface area (Å²) < 4.78 is 14.7. The molecule has 1 heterocycles. The van der Waals surface area contributed by atoms with Crippen molar-refractivity contribution in [2.24, 2.45) is 0 Å². The number of alkyl halides is 1. The van der Waals surface area contributed by atoms with E-state index in [1.54, 1.807) is 16.8 Å². The fourth-order valence-electron chi connectivity index (χ4n) is 1.61. The predicted octanol–water partition coefficient (Wildman–Crippen LogP) is 2.71. The van der Waals surface area contributed by atoms with Crippen molar-refractivity contribution < 1.29 is 4.39 Å². The standard InChI is InChI=1S/C11H11ClFN3/c1-2-11-10(7-12)14-15-16(11)9-5-3-4-8(13)6-9/h3-6H,2,7H2,1H3. The maximum Gasteiger partial charge on any atom is 0.125 e. The second-order valence-corrected chi connectivity index (χ2v) is 3.63. The molecule has 1 aromatic heterocycles. The number of nitrogens with zero attached hydrogens (tertiary/aromatic N) is 3. The summed E-state index contributed by atoms with van der Waals surface area (Å²) in [5.74, 6) is 0.0286. The Morgan fingerprint density at radius 3 is 2.88 bits per heavy atom. The van der Waals surface area contributed by atoms with Crippen LogP contribution in [0.1, 0.15) is 18.3 Å². The van der Waals surface area contributed by atoms with Crippen molar-refractivity contribution in [3.63, 3.8) is 0 Å². The lowest BCUT2D eigenvalue weighted by molar-refractivity contribution is 0.624. The summed E-state index contributed by atoms with van der Waals surface area (Å²) in [5, 5.41) is 7.95. The summed E-state index contributed by atoms with van der Waals surface area (Å²) in [7, 11) is 0. The number of benzene rings is 1. The molecule has 0 aliphatic carbocycles. The van der Waals surface area contributed by atoms with E-state index >= 15 is 0 Å². The molecule has 0 bridgehead atoms. The maximum absolute atomic E-state index is 13.1. The minimum atomic E-state index is -0.289. The highest BCUT2D eigenvalue weighted by Crippen LogP contribution is 2.15. The van der Waals surface area contributed by atoms with E-state index in [0.717, 1.165) is 17.8 Å². The number of halogens is 2. The van der Waals surface area contributed by atoms with Crippen LogP contribution in [0.5, 0.6) is 0 Å². The van der Waals surface area contributed by atoms with Crippen LogP contribution in [0, 0.1) is 5.82 Å². The van der Waals surface area contributed by atoms with Crippen LogP contribution in [0.2, 0.25) is 0 Å². The molecule has 1 aromatic carbocycles. The van der Waals surface area contributed by atoms with Crippen LogP contribution in [0.15, 0.2) is 24.3 Å². The lowest BCUT2D eigenvalue weighted by Crippen LogP contribution is -2.02. The van der Waals surface area contributed by atoms with E-state index in [9.17, 15) is 4.39 Å². The van der Waals surface area contributed by atoms with Crippen molar-refractivity contribution in [3.05, 3.63) is 41.5 Å². The fourth-order valence-corrected chi connectivity index (χ4v) is 1.81. The molecule has 3 nitrogen and oxygen atoms in total. The Morgan fingerprint density at radius 2 is 2.25 bits per heavy atom. The summed E-state index contributed by atoms with van der Waals surface area (Å²) in [4.78, 5) is 0. The first-order valence-corrected chi connectivity index (χ1v) is 5.55. The van der Waals surface area contributed by atoms with Gasteiger partial charge in [0.05, 0.1) is 17.3 Å². The Morgan fingerprint density at radius 1 is 1.44 bits per heavy atom. The number of aromatic nitrogens is 3. The van der Waals surface area contributed by atoms with Gasteiger partial charge in [-0.25, -0.2) is 9.07 Å². The Balaban J connectivity index is 2.51. The van der Waals surface area contributed by atoms with Gasteiger partial charge in [-0.3, -0.25) is 0 Å². The molecule has 84 valence electrons. The third-order valence-corrected chi connectivity index (χ3v) is 2.61. The smallest absolute Gasteiger partial charge is 0.125 e. The lowest BCUT2D eigenvalue weighted by Gasteiger charge is -2.04. The van der Waals surface area contributed by atoms with Gasteiger partial charge in [-0.15, -0.1) is 16.7 Å². The molecular weight excluding hydrogens is 229 g/mol. The maximum atomic E-state index is 13.1. The third-order valence-electron chi connectivity index (χ3n) is 2.36. The summed E-state index contributed by atoms with van der Waals surface area (Å²) in [6, 6.07) is 6.25. The molecule has 0 saturated carbocycles. The van der Waals surface area contributed by atoms with E-state index in [0.29, 0.717) is 11.6 Å². The molecule has 0 atom stereocenters. The second-order valence-electron chi connectivity index (χ2n) is 3.36. The van der Waals surface area contributed by atoms with Crippen LogP contribution in [0.3, 0.4) is 0 Å². The molecule has 0 N–H and O–H groups in total. The molecule has 0 fully saturated rings. The average molecular weight is 240 g/mol. The van der Waals surface area contributed by atoms with E-state index in [-0.39, 0.29) is 5.82 Å². The topological polar surface area (TPSA) is 30.7 Å². The zero-order valence-corrected chi connectivity index (χ0v) is 9.58. The first-order chi connectivity index (χ1) is 7.76. The number of rotatable bonds is 3. The Hall–Kier alpha value is -1.42. The van der Waals surface area contributed by atoms with Gasteiger partial charge >= 0.3 is 0 Å². The molecule has 5 heteroatoms. The zero-order valence-electron chi connectivity index (χ0n) is 8.82. The van der Waals surface area contributed by atoms with Gasteiger partial charge in [0.2, 0.25) is 0 Å². The van der Waals surface area contributed by atoms with Gasteiger partial charge in [-0.05, 0) is 24.6 Å². The molecular formula is C11H11ClFN3. The molecule has 0 unspecified atom stereocenters. The molecule has 2 rings (SSSR count). The van der Waals surface area contributed by atoms with Gasteiger partial charge in [0.25, 0.3) is 0 Å². The van der Waals surface area contributed by atoms with Crippen molar-refractivity contribution in [3.8, 4) is 5.69 Å². The highest BCUT2D eigenvalue weighted by atomic mass is 35.5. The largest absolute Gasteiger partial charge is 0.217 e. The molecule has 0 radical (unpaired) electrons. The van der Waals surface area contributed by atoms with Crippen molar-refractivity contribution in [2.45, 2.75) is 19.2 Å². The SMILES string of the molecule is CCc1c(CCl)nnn1-c1cccc(F)c1. The van der Waals surface area contributed by atoms with E-state index in [1.165, 1.54) is 12.1 Å². The Bertz CT molecular complexity index is 496. The van der Waals surface area contributed by atoms with Crippen LogP contribution < -0.4 is 0 Å². The van der Waals surface area contributed by atoms with Crippen molar-refractivity contribution >= 4 is 11.6 Å². The van der Waals surface area contributed by atoms with Gasteiger partial charge in [0, 0.05) is 0 Å². The average Bonchev–Trinajstić information content (AvgIpc) is 2.71. The summed E-state index contributed by atoms with van der Waals surface area (Å²) in [6.07, 6.45) is 0.756. The normalized spacial score (nSPS) is 10.7. The molecule has 0 amide bonds. The Kier molecular flexibility index (Phi) is 3.19. The minimum Gasteiger partial charge on any atom is -0.217 e. The number of hydrogen-bond acceptors (Lipinski definition) is 2. The number of hydrogen-bond donors (Lipinski definition) is 0. The van der Waals surface area contributed by atoms with Crippen LogP contribution in [0.4, 0.5) is 4.39 Å². The van der Waals surface area contributed by atoms with Crippen LogP contribution in [-0.2, 0) is 12.3 Å². The van der Waals surface area contributed by atoms with Crippen LogP contribution in [-0.4, -0.2) is 15.0 Å². The fraction of sp³-hybridized carbons (Fsp3) is 0.273.